The first-order valence-corrected chi connectivity index (χ1v) is 10.7. The summed E-state index contributed by atoms with van der Waals surface area (Å²) in [5.74, 6) is 1.15. The highest BCUT2D eigenvalue weighted by atomic mass is 35.5. The number of methoxy groups -OCH3 is 1. The molecular formula is C23H22ClN3O3S. The van der Waals surface area contributed by atoms with Gasteiger partial charge in [0.25, 0.3) is 0 Å². The molecule has 2 atom stereocenters. The Morgan fingerprint density at radius 3 is 2.87 bits per heavy atom. The van der Waals surface area contributed by atoms with Gasteiger partial charge < -0.3 is 19.4 Å². The van der Waals surface area contributed by atoms with E-state index < -0.39 is 0 Å². The summed E-state index contributed by atoms with van der Waals surface area (Å²) in [5, 5.41) is 4.53. The molecule has 0 aliphatic carbocycles. The molecule has 1 fully saturated rings. The van der Waals surface area contributed by atoms with Gasteiger partial charge in [0.1, 0.15) is 17.6 Å². The summed E-state index contributed by atoms with van der Waals surface area (Å²) in [4.78, 5) is 18.2. The van der Waals surface area contributed by atoms with Crippen molar-refractivity contribution in [2.24, 2.45) is 0 Å². The Hall–Kier alpha value is -2.90. The van der Waals surface area contributed by atoms with Gasteiger partial charge in [-0.2, -0.15) is 0 Å². The number of carbonyl (C=O) groups excluding carboxylic acids is 1. The minimum absolute atomic E-state index is 0.213. The van der Waals surface area contributed by atoms with Crippen LogP contribution < -0.4 is 5.32 Å². The molecule has 2 aromatic heterocycles. The van der Waals surface area contributed by atoms with Crippen LogP contribution in [0.25, 0.3) is 11.3 Å². The summed E-state index contributed by atoms with van der Waals surface area (Å²) < 4.78 is 11.1. The SMILES string of the molecule is COC(=O)CCN1C(=S)NC(c2ccccn2)C1c1ccc(-c2cc(Cl)ccc2C)o1. The minimum atomic E-state index is -0.294. The van der Waals surface area contributed by atoms with Crippen LogP contribution in [0.5, 0.6) is 0 Å². The zero-order valence-corrected chi connectivity index (χ0v) is 18.7. The van der Waals surface area contributed by atoms with Gasteiger partial charge in [0.15, 0.2) is 5.11 Å². The van der Waals surface area contributed by atoms with Crippen LogP contribution in [0.1, 0.15) is 35.5 Å². The van der Waals surface area contributed by atoms with Crippen LogP contribution >= 0.6 is 23.8 Å². The number of aryl methyl sites for hydroxylation is 1. The van der Waals surface area contributed by atoms with Gasteiger partial charge in [-0.05, 0) is 61.1 Å². The van der Waals surface area contributed by atoms with Gasteiger partial charge in [-0.3, -0.25) is 9.78 Å². The number of nitrogens with one attached hydrogen (secondary N) is 1. The Morgan fingerprint density at radius 1 is 1.29 bits per heavy atom. The molecule has 1 N–H and O–H groups in total. The van der Waals surface area contributed by atoms with Gasteiger partial charge >= 0.3 is 5.97 Å². The van der Waals surface area contributed by atoms with Crippen LogP contribution in [-0.4, -0.2) is 34.6 Å². The Labute approximate surface area is 191 Å². The smallest absolute Gasteiger partial charge is 0.307 e. The Kier molecular flexibility index (Phi) is 6.25. The summed E-state index contributed by atoms with van der Waals surface area (Å²) in [5.41, 5.74) is 2.84. The molecule has 0 saturated carbocycles. The van der Waals surface area contributed by atoms with Crippen molar-refractivity contribution in [1.29, 1.82) is 0 Å². The number of furan rings is 1. The molecule has 4 rings (SSSR count). The average Bonchev–Trinajstić information content (AvgIpc) is 3.38. The van der Waals surface area contributed by atoms with Gasteiger partial charge in [-0.1, -0.05) is 23.7 Å². The second-order valence-corrected chi connectivity index (χ2v) is 8.13. The molecule has 6 nitrogen and oxygen atoms in total. The molecule has 31 heavy (non-hydrogen) atoms. The lowest BCUT2D eigenvalue weighted by Gasteiger charge is -2.25. The first-order chi connectivity index (χ1) is 15.0. The highest BCUT2D eigenvalue weighted by Gasteiger charge is 2.41. The lowest BCUT2D eigenvalue weighted by atomic mass is 10.0. The van der Waals surface area contributed by atoms with E-state index in [1.165, 1.54) is 7.11 Å². The van der Waals surface area contributed by atoms with E-state index in [0.717, 1.165) is 28.3 Å². The molecule has 0 amide bonds. The number of aromatic nitrogens is 1. The minimum Gasteiger partial charge on any atom is -0.469 e. The third-order valence-electron chi connectivity index (χ3n) is 5.37. The van der Waals surface area contributed by atoms with Gasteiger partial charge in [0, 0.05) is 23.3 Å². The molecule has 8 heteroatoms. The fourth-order valence-electron chi connectivity index (χ4n) is 3.79. The van der Waals surface area contributed by atoms with Crippen LogP contribution in [0.2, 0.25) is 5.02 Å². The number of benzene rings is 1. The van der Waals surface area contributed by atoms with Crippen LogP contribution in [0, 0.1) is 6.92 Å². The number of hydrogen-bond acceptors (Lipinski definition) is 5. The topological polar surface area (TPSA) is 67.6 Å². The highest BCUT2D eigenvalue weighted by Crippen LogP contribution is 2.41. The van der Waals surface area contributed by atoms with E-state index >= 15 is 0 Å². The van der Waals surface area contributed by atoms with Gasteiger partial charge in [-0.25, -0.2) is 0 Å². The van der Waals surface area contributed by atoms with Crippen molar-refractivity contribution in [3.8, 4) is 11.3 Å². The van der Waals surface area contributed by atoms with Gasteiger partial charge in [-0.15, -0.1) is 0 Å². The van der Waals surface area contributed by atoms with Crippen molar-refractivity contribution >= 4 is 34.9 Å². The second-order valence-electron chi connectivity index (χ2n) is 7.31. The molecule has 0 bridgehead atoms. The largest absolute Gasteiger partial charge is 0.469 e. The monoisotopic (exact) mass is 455 g/mol. The Morgan fingerprint density at radius 2 is 2.13 bits per heavy atom. The van der Waals surface area contributed by atoms with Crippen molar-refractivity contribution in [3.05, 3.63) is 76.8 Å². The van der Waals surface area contributed by atoms with Crippen LogP contribution in [-0.2, 0) is 9.53 Å². The number of esters is 1. The summed E-state index contributed by atoms with van der Waals surface area (Å²) in [6, 6.07) is 14.9. The number of ether oxygens (including phenoxy) is 1. The molecule has 2 unspecified atom stereocenters. The van der Waals surface area contributed by atoms with Gasteiger partial charge in [0.05, 0.1) is 25.3 Å². The van der Waals surface area contributed by atoms with Crippen LogP contribution in [0.3, 0.4) is 0 Å². The third kappa shape index (κ3) is 4.43. The van der Waals surface area contributed by atoms with E-state index in [-0.39, 0.29) is 24.5 Å². The summed E-state index contributed by atoms with van der Waals surface area (Å²) in [7, 11) is 1.38. The van der Waals surface area contributed by atoms with Crippen molar-refractivity contribution in [3.63, 3.8) is 0 Å². The maximum atomic E-state index is 11.8. The van der Waals surface area contributed by atoms with Crippen molar-refractivity contribution < 1.29 is 13.9 Å². The molecular weight excluding hydrogens is 434 g/mol. The number of pyridine rings is 1. The number of halogens is 1. The van der Waals surface area contributed by atoms with E-state index in [1.54, 1.807) is 6.20 Å². The first-order valence-electron chi connectivity index (χ1n) is 9.89. The molecule has 1 saturated heterocycles. The molecule has 0 spiro atoms. The molecule has 1 aliphatic rings. The summed E-state index contributed by atoms with van der Waals surface area (Å²) >= 11 is 11.8. The molecule has 0 radical (unpaired) electrons. The number of rotatable bonds is 6. The van der Waals surface area contributed by atoms with Crippen molar-refractivity contribution in [1.82, 2.24) is 15.2 Å². The fourth-order valence-corrected chi connectivity index (χ4v) is 4.29. The standard InChI is InChI=1S/C23H22ClN3O3S/c1-14-6-7-15(24)13-16(14)18-8-9-19(30-18)22-21(17-5-3-4-11-25-17)26-23(31)27(22)12-10-20(28)29-2/h3-9,11,13,21-22H,10,12H2,1-2H3,(H,26,31). The highest BCUT2D eigenvalue weighted by molar-refractivity contribution is 7.80. The van der Waals surface area contributed by atoms with E-state index in [9.17, 15) is 4.79 Å². The average molecular weight is 456 g/mol. The Balaban J connectivity index is 1.71. The third-order valence-corrected chi connectivity index (χ3v) is 5.95. The molecule has 1 aliphatic heterocycles. The van der Waals surface area contributed by atoms with Crippen molar-refractivity contribution in [2.75, 3.05) is 13.7 Å². The van der Waals surface area contributed by atoms with Gasteiger partial charge in [0.2, 0.25) is 0 Å². The van der Waals surface area contributed by atoms with Crippen LogP contribution in [0.4, 0.5) is 0 Å². The van der Waals surface area contributed by atoms with E-state index in [0.29, 0.717) is 16.7 Å². The first kappa shape index (κ1) is 21.3. The summed E-state index contributed by atoms with van der Waals surface area (Å²) in [6.45, 7) is 2.41. The molecule has 3 aromatic rings. The zero-order valence-electron chi connectivity index (χ0n) is 17.2. The number of nitrogens with zero attached hydrogens (tertiary/aromatic N) is 2. The number of hydrogen-bond donors (Lipinski definition) is 1. The molecule has 160 valence electrons. The normalized spacial score (nSPS) is 18.2. The second kappa shape index (κ2) is 9.08. The Bertz CT molecular complexity index is 1100. The quantitative estimate of drug-likeness (QED) is 0.421. The van der Waals surface area contributed by atoms with Crippen molar-refractivity contribution in [2.45, 2.75) is 25.4 Å². The maximum absolute atomic E-state index is 11.8. The van der Waals surface area contributed by atoms with E-state index in [4.69, 9.17) is 33.0 Å². The zero-order chi connectivity index (χ0) is 22.0. The fraction of sp³-hybridized carbons (Fsp3) is 0.261. The molecule has 1 aromatic carbocycles. The summed E-state index contributed by atoms with van der Waals surface area (Å²) in [6.07, 6.45) is 1.96. The molecule has 3 heterocycles. The lowest BCUT2D eigenvalue weighted by Crippen LogP contribution is -2.31. The van der Waals surface area contributed by atoms with E-state index in [1.807, 2.05) is 60.4 Å². The predicted molar refractivity (Wildman–Crippen MR) is 123 cm³/mol. The number of carbonyl (C=O) groups is 1. The maximum Gasteiger partial charge on any atom is 0.307 e. The van der Waals surface area contributed by atoms with E-state index in [2.05, 4.69) is 10.3 Å². The predicted octanol–water partition coefficient (Wildman–Crippen LogP) is 4.84. The lowest BCUT2D eigenvalue weighted by molar-refractivity contribution is -0.140. The number of thiocarbonyl (C=S) groups is 1. The van der Waals surface area contributed by atoms with Crippen LogP contribution in [0.15, 0.2) is 59.1 Å².